The molecule has 2 aliphatic carbocycles. The number of carbonyl (C=O) groups excluding carboxylic acids is 2. The second kappa shape index (κ2) is 5.62. The molecule has 0 aromatic heterocycles. The molecule has 1 saturated heterocycles. The van der Waals surface area contributed by atoms with Crippen molar-refractivity contribution in [2.45, 2.75) is 56.4 Å². The van der Waals surface area contributed by atoms with Crippen LogP contribution in [-0.2, 0) is 9.59 Å². The number of nitrogens with zero attached hydrogens (tertiary/aromatic N) is 2. The molecular formula is C15H18F3N3O3. The number of hydrogen-bond donors (Lipinski definition) is 2. The monoisotopic (exact) mass is 345 g/mol. The molecule has 6 nitrogen and oxygen atoms in total. The van der Waals surface area contributed by atoms with Crippen molar-refractivity contribution in [2.24, 2.45) is 11.3 Å². The predicted molar refractivity (Wildman–Crippen MR) is 74.1 cm³/mol. The minimum atomic E-state index is -5.11. The molecule has 0 bridgehead atoms. The minimum absolute atomic E-state index is 0.136. The van der Waals surface area contributed by atoms with Crippen molar-refractivity contribution in [2.75, 3.05) is 6.61 Å². The van der Waals surface area contributed by atoms with Crippen LogP contribution in [0.1, 0.15) is 32.1 Å². The van der Waals surface area contributed by atoms with Crippen molar-refractivity contribution < 1.29 is 27.9 Å². The number of aliphatic hydroxyl groups is 1. The van der Waals surface area contributed by atoms with Gasteiger partial charge in [-0.25, -0.2) is 0 Å². The van der Waals surface area contributed by atoms with E-state index in [9.17, 15) is 33.1 Å². The van der Waals surface area contributed by atoms with Gasteiger partial charge >= 0.3 is 12.1 Å². The average Bonchev–Trinajstić information content (AvgIpc) is 3.14. The Labute approximate surface area is 136 Å². The highest BCUT2D eigenvalue weighted by Crippen LogP contribution is 2.50. The van der Waals surface area contributed by atoms with Gasteiger partial charge in [0.05, 0.1) is 12.7 Å². The van der Waals surface area contributed by atoms with E-state index in [0.717, 1.165) is 6.42 Å². The van der Waals surface area contributed by atoms with Gasteiger partial charge in [-0.2, -0.15) is 18.4 Å². The first-order chi connectivity index (χ1) is 11.2. The van der Waals surface area contributed by atoms with Crippen molar-refractivity contribution in [1.82, 2.24) is 10.2 Å². The zero-order valence-corrected chi connectivity index (χ0v) is 12.8. The number of piperidine rings is 1. The summed E-state index contributed by atoms with van der Waals surface area (Å²) in [5.41, 5.74) is -1.08. The molecule has 3 rings (SSSR count). The van der Waals surface area contributed by atoms with Crippen molar-refractivity contribution >= 4 is 11.8 Å². The van der Waals surface area contributed by atoms with E-state index in [1.165, 1.54) is 4.90 Å². The van der Waals surface area contributed by atoms with Crippen molar-refractivity contribution in [3.63, 3.8) is 0 Å². The normalized spacial score (nSPS) is 31.5. The SMILES string of the molecule is N#C[C@@H]1C[C@@H]2C[C@@H]2N1C(=O)[C@@H](NC(=O)C(F)(F)F)C1(CO)CCC1. The maximum absolute atomic E-state index is 12.9. The lowest BCUT2D eigenvalue weighted by Crippen LogP contribution is -2.63. The van der Waals surface area contributed by atoms with Gasteiger partial charge < -0.3 is 15.3 Å². The maximum Gasteiger partial charge on any atom is 0.471 e. The molecule has 1 heterocycles. The Morgan fingerprint density at radius 1 is 1.38 bits per heavy atom. The summed E-state index contributed by atoms with van der Waals surface area (Å²) in [6.07, 6.45) is -2.48. The highest BCUT2D eigenvalue weighted by Gasteiger charge is 2.59. The molecule has 2 N–H and O–H groups in total. The highest BCUT2D eigenvalue weighted by atomic mass is 19.4. The van der Waals surface area contributed by atoms with Crippen LogP contribution < -0.4 is 5.32 Å². The van der Waals surface area contributed by atoms with E-state index in [4.69, 9.17) is 0 Å². The number of aliphatic hydroxyl groups excluding tert-OH is 1. The molecule has 9 heteroatoms. The summed E-state index contributed by atoms with van der Waals surface area (Å²) in [5.74, 6) is -2.66. The first kappa shape index (κ1) is 17.0. The van der Waals surface area contributed by atoms with E-state index in [1.54, 1.807) is 5.32 Å². The molecular weight excluding hydrogens is 327 g/mol. The first-order valence-corrected chi connectivity index (χ1v) is 7.94. The summed E-state index contributed by atoms with van der Waals surface area (Å²) >= 11 is 0. The van der Waals surface area contributed by atoms with Gasteiger partial charge in [-0.15, -0.1) is 0 Å². The van der Waals surface area contributed by atoms with Gasteiger partial charge in [-0.3, -0.25) is 9.59 Å². The van der Waals surface area contributed by atoms with Crippen LogP contribution in [-0.4, -0.2) is 52.7 Å². The first-order valence-electron chi connectivity index (χ1n) is 7.94. The summed E-state index contributed by atoms with van der Waals surface area (Å²) in [5, 5.41) is 20.6. The van der Waals surface area contributed by atoms with Crippen LogP contribution in [0.5, 0.6) is 0 Å². The Kier molecular flexibility index (Phi) is 3.98. The Bertz CT molecular complexity index is 591. The molecule has 4 atom stereocenters. The van der Waals surface area contributed by atoms with Gasteiger partial charge in [0.2, 0.25) is 5.91 Å². The molecule has 3 aliphatic rings. The average molecular weight is 345 g/mol. The number of alkyl halides is 3. The van der Waals surface area contributed by atoms with Crippen LogP contribution in [0.4, 0.5) is 13.2 Å². The van der Waals surface area contributed by atoms with Gasteiger partial charge in [0.1, 0.15) is 12.1 Å². The molecule has 0 aromatic carbocycles. The van der Waals surface area contributed by atoms with Gasteiger partial charge in [0.15, 0.2) is 0 Å². The Hall–Kier alpha value is -1.82. The number of amides is 2. The van der Waals surface area contributed by atoms with Gasteiger partial charge in [0.25, 0.3) is 0 Å². The van der Waals surface area contributed by atoms with Crippen molar-refractivity contribution in [3.05, 3.63) is 0 Å². The number of rotatable bonds is 4. The number of nitriles is 1. The molecule has 24 heavy (non-hydrogen) atoms. The summed E-state index contributed by atoms with van der Waals surface area (Å²) in [7, 11) is 0. The van der Waals surface area contributed by atoms with E-state index >= 15 is 0 Å². The number of hydrogen-bond acceptors (Lipinski definition) is 4. The number of halogens is 3. The fourth-order valence-electron chi connectivity index (χ4n) is 3.90. The minimum Gasteiger partial charge on any atom is -0.396 e. The van der Waals surface area contributed by atoms with E-state index in [-0.39, 0.29) is 12.0 Å². The largest absolute Gasteiger partial charge is 0.471 e. The molecule has 0 aromatic rings. The summed E-state index contributed by atoms with van der Waals surface area (Å²) in [6, 6.07) is -0.265. The van der Waals surface area contributed by atoms with Crippen molar-refractivity contribution in [1.29, 1.82) is 5.26 Å². The van der Waals surface area contributed by atoms with Crippen LogP contribution in [0.25, 0.3) is 0 Å². The van der Waals surface area contributed by atoms with Gasteiger partial charge in [0, 0.05) is 11.5 Å². The number of carbonyl (C=O) groups is 2. The summed E-state index contributed by atoms with van der Waals surface area (Å²) < 4.78 is 37.9. The standard InChI is InChI=1S/C15H18F3N3O3/c16-15(17,18)13(24)20-11(14(7-22)2-1-3-14)12(23)21-9(6-19)4-8-5-10(8)21/h8-11,22H,1-5,7H2,(H,20,24)/t8-,9+,10+,11-/m1/s1. The molecule has 1 aliphatic heterocycles. The van der Waals surface area contributed by atoms with Gasteiger partial charge in [-0.05, 0) is 31.6 Å². The Morgan fingerprint density at radius 2 is 2.04 bits per heavy atom. The van der Waals surface area contributed by atoms with E-state index in [0.29, 0.717) is 25.7 Å². The molecule has 3 fully saturated rings. The van der Waals surface area contributed by atoms with Crippen LogP contribution in [0.2, 0.25) is 0 Å². The highest BCUT2D eigenvalue weighted by molar-refractivity contribution is 5.91. The number of likely N-dealkylation sites (tertiary alicyclic amines) is 1. The molecule has 2 saturated carbocycles. The molecule has 2 amide bonds. The lowest BCUT2D eigenvalue weighted by Gasteiger charge is -2.47. The lowest BCUT2D eigenvalue weighted by atomic mass is 9.64. The van der Waals surface area contributed by atoms with Crippen molar-refractivity contribution in [3.8, 4) is 6.07 Å². The summed E-state index contributed by atoms with van der Waals surface area (Å²) in [4.78, 5) is 25.6. The molecule has 132 valence electrons. The smallest absolute Gasteiger partial charge is 0.396 e. The predicted octanol–water partition coefficient (Wildman–Crippen LogP) is 0.709. The van der Waals surface area contributed by atoms with Crippen LogP contribution in [0.3, 0.4) is 0 Å². The number of fused-ring (bicyclic) bond motifs is 1. The quantitative estimate of drug-likeness (QED) is 0.785. The third-order valence-electron chi connectivity index (χ3n) is 5.56. The zero-order chi connectivity index (χ0) is 17.7. The van der Waals surface area contributed by atoms with Crippen LogP contribution >= 0.6 is 0 Å². The second-order valence-corrected chi connectivity index (χ2v) is 6.97. The van der Waals surface area contributed by atoms with Crippen LogP contribution in [0.15, 0.2) is 0 Å². The van der Waals surface area contributed by atoms with E-state index in [1.807, 2.05) is 6.07 Å². The molecule has 0 spiro atoms. The maximum atomic E-state index is 12.9. The topological polar surface area (TPSA) is 93.4 Å². The summed E-state index contributed by atoms with van der Waals surface area (Å²) in [6.45, 7) is -0.485. The molecule has 0 unspecified atom stereocenters. The Balaban J connectivity index is 1.86. The van der Waals surface area contributed by atoms with E-state index < -0.39 is 42.1 Å². The number of nitrogens with one attached hydrogen (secondary N) is 1. The fourth-order valence-corrected chi connectivity index (χ4v) is 3.90. The Morgan fingerprint density at radius 3 is 2.50 bits per heavy atom. The van der Waals surface area contributed by atoms with E-state index in [2.05, 4.69) is 0 Å². The fraction of sp³-hybridized carbons (Fsp3) is 0.800. The zero-order valence-electron chi connectivity index (χ0n) is 12.8. The lowest BCUT2D eigenvalue weighted by molar-refractivity contribution is -0.178. The second-order valence-electron chi connectivity index (χ2n) is 6.97. The third kappa shape index (κ3) is 2.62. The van der Waals surface area contributed by atoms with Gasteiger partial charge in [-0.1, -0.05) is 6.42 Å². The van der Waals surface area contributed by atoms with Crippen LogP contribution in [0, 0.1) is 22.7 Å². The third-order valence-corrected chi connectivity index (χ3v) is 5.56. The molecule has 0 radical (unpaired) electrons.